The summed E-state index contributed by atoms with van der Waals surface area (Å²) < 4.78 is 10.5. The largest absolute Gasteiger partial charge is 0.503 e. The Labute approximate surface area is 505 Å². The van der Waals surface area contributed by atoms with Crippen LogP contribution in [0.2, 0.25) is 0 Å². The molecule has 92 heavy (non-hydrogen) atoms. The number of phenolic OH excluding ortho intramolecular Hbond substituents is 16. The van der Waals surface area contributed by atoms with Gasteiger partial charge >= 0.3 is 0 Å². The highest BCUT2D eigenvalue weighted by atomic mass is 16.6. The van der Waals surface area contributed by atoms with Crippen LogP contribution >= 0.6 is 0 Å². The van der Waals surface area contributed by atoms with Crippen LogP contribution in [-0.4, -0.2) is 234 Å². The van der Waals surface area contributed by atoms with Gasteiger partial charge in [0.05, 0.1) is 32.6 Å². The molecule has 0 spiro atoms. The summed E-state index contributed by atoms with van der Waals surface area (Å²) in [5.74, 6) is -55.2. The number of fused-ring (bicyclic) bond motifs is 2. The Hall–Kier alpha value is -11.8. The fourth-order valence-electron chi connectivity index (χ4n) is 11.0. The minimum atomic E-state index is -4.13. The van der Waals surface area contributed by atoms with Crippen molar-refractivity contribution in [3.8, 4) is 115 Å². The van der Waals surface area contributed by atoms with E-state index in [0.717, 1.165) is 7.11 Å². The number of hydrogen-bond acceptors (Lipinski definition) is 34. The van der Waals surface area contributed by atoms with Gasteiger partial charge in [0.15, 0.2) is 91.8 Å². The molecule has 6 heterocycles. The molecule has 0 aliphatic carbocycles. The summed E-state index contributed by atoms with van der Waals surface area (Å²) in [6.45, 7) is -4.68. The standard InChI is InChI=1S/C50H48N10O32/c1-91-40-36(74)32(70)22(33(71)37(40)75)59-16-11(14(53-59)42(51)78)3-5-56(45(16)81)19-26(64)30(68)21(31(69)27(19)65)58-46(82)47(83,84)6-10(50(58,89)90)8-92-41-38(76)34(72)23(35(73)39(41)77)60-17-12(15(54-60)43(52)79)2-4-55(44(17)80)18-24(62)28(66)20(29(67)25(18)63)57-9-49(87,88)48(85,86)7-13(57)61/h10,62-77,83-90H,2-9H2,1H3,(H2,51,78)(H2,52,79). The third kappa shape index (κ3) is 8.72. The van der Waals surface area contributed by atoms with Crippen LogP contribution in [0.25, 0.3) is 11.4 Å². The molecule has 4 aliphatic rings. The number of anilines is 4. The average Bonchev–Trinajstić information content (AvgIpc) is 1.12. The van der Waals surface area contributed by atoms with E-state index in [1.165, 1.54) is 0 Å². The molecule has 2 fully saturated rings. The second kappa shape index (κ2) is 20.6. The molecule has 42 heteroatoms. The molecule has 4 aromatic carbocycles. The highest BCUT2D eigenvalue weighted by molar-refractivity contribution is 6.14. The lowest BCUT2D eigenvalue weighted by Gasteiger charge is -2.47. The highest BCUT2D eigenvalue weighted by Gasteiger charge is 2.61. The summed E-state index contributed by atoms with van der Waals surface area (Å²) in [5.41, 5.74) is -1.41. The van der Waals surface area contributed by atoms with Crippen molar-refractivity contribution in [1.29, 1.82) is 0 Å². The second-order valence-electron chi connectivity index (χ2n) is 21.0. The van der Waals surface area contributed by atoms with E-state index in [2.05, 4.69) is 10.2 Å². The number of carbonyl (C=O) groups is 6. The summed E-state index contributed by atoms with van der Waals surface area (Å²) in [4.78, 5) is 81.0. The first-order valence-corrected chi connectivity index (χ1v) is 25.7. The molecule has 6 amide bonds. The van der Waals surface area contributed by atoms with E-state index in [1.807, 2.05) is 0 Å². The van der Waals surface area contributed by atoms with Crippen LogP contribution in [0.1, 0.15) is 65.9 Å². The van der Waals surface area contributed by atoms with Crippen molar-refractivity contribution in [2.45, 2.75) is 49.0 Å². The monoisotopic (exact) mass is 1300 g/mol. The normalized spacial score (nSPS) is 18.2. The van der Waals surface area contributed by atoms with Crippen molar-refractivity contribution in [3.63, 3.8) is 0 Å². The predicted molar refractivity (Wildman–Crippen MR) is 288 cm³/mol. The molecule has 6 aromatic rings. The average molecular weight is 1300 g/mol. The van der Waals surface area contributed by atoms with Crippen molar-refractivity contribution in [1.82, 2.24) is 19.6 Å². The Bertz CT molecular complexity index is 4210. The number of benzene rings is 4. The number of ether oxygens (including phenoxy) is 2. The van der Waals surface area contributed by atoms with E-state index in [4.69, 9.17) is 20.9 Å². The number of nitrogens with zero attached hydrogens (tertiary/aromatic N) is 8. The number of amides is 6. The van der Waals surface area contributed by atoms with Crippen molar-refractivity contribution < 1.29 is 161 Å². The number of carbonyl (C=O) groups excluding carboxylic acids is 6. The lowest BCUT2D eigenvalue weighted by molar-refractivity contribution is -0.354. The van der Waals surface area contributed by atoms with Crippen molar-refractivity contribution >= 4 is 58.2 Å². The zero-order valence-corrected chi connectivity index (χ0v) is 46.0. The van der Waals surface area contributed by atoms with Crippen molar-refractivity contribution in [2.75, 3.05) is 53.0 Å². The molecule has 0 saturated carbocycles. The number of methoxy groups -OCH3 is 1. The van der Waals surface area contributed by atoms with E-state index < -0.39 is 287 Å². The summed E-state index contributed by atoms with van der Waals surface area (Å²) >= 11 is 0. The van der Waals surface area contributed by atoms with Gasteiger partial charge < -0.3 is 143 Å². The number of hydrogen-bond donors (Lipinski definition) is 26. The van der Waals surface area contributed by atoms with Crippen molar-refractivity contribution in [3.05, 3.63) is 33.9 Å². The quantitative estimate of drug-likeness (QED) is 0.0308. The zero-order chi connectivity index (χ0) is 68.3. The molecule has 2 aromatic heterocycles. The molecule has 0 radical (unpaired) electrons. The third-order valence-electron chi connectivity index (χ3n) is 15.6. The first-order chi connectivity index (χ1) is 42.6. The van der Waals surface area contributed by atoms with Crippen LogP contribution in [-0.2, 0) is 22.4 Å². The van der Waals surface area contributed by atoms with Crippen LogP contribution in [0, 0.1) is 5.92 Å². The molecule has 10 rings (SSSR count). The number of aromatic nitrogens is 4. The molecule has 28 N–H and O–H groups in total. The van der Waals surface area contributed by atoms with Gasteiger partial charge in [-0.15, -0.1) is 0 Å². The smallest absolute Gasteiger partial charge is 0.291 e. The first kappa shape index (κ1) is 63.2. The molecule has 1 atom stereocenters. The third-order valence-corrected chi connectivity index (χ3v) is 15.6. The lowest BCUT2D eigenvalue weighted by atomic mass is 9.88. The number of piperidine rings is 2. The van der Waals surface area contributed by atoms with Gasteiger partial charge in [0.2, 0.25) is 57.8 Å². The molecule has 1 unspecified atom stereocenters. The van der Waals surface area contributed by atoms with Crippen LogP contribution < -0.4 is 40.5 Å². The van der Waals surface area contributed by atoms with Crippen molar-refractivity contribution in [2.24, 2.45) is 17.4 Å². The molecule has 490 valence electrons. The van der Waals surface area contributed by atoms with Gasteiger partial charge in [-0.2, -0.15) is 10.2 Å². The summed E-state index contributed by atoms with van der Waals surface area (Å²) in [5, 5.41) is 273. The SMILES string of the molecule is COc1c(O)c(O)c(-n2nc(C(N)=O)c3c2C(=O)N(c2c(O)c(O)c(N4C(=O)C(O)(O)CC(COc5c(O)c(O)c(-n6nc(C(N)=O)c7c6C(=O)N(c6c(O)c(O)c(N8CC(O)(O)C(O)(O)CC8=O)c(O)c6O)CC7)c(O)c5O)C4(O)O)c(O)c2O)CC3)c(O)c1O. The van der Waals surface area contributed by atoms with Crippen LogP contribution in [0.5, 0.6) is 103 Å². The maximum atomic E-state index is 14.5. The maximum absolute atomic E-state index is 14.5. The highest BCUT2D eigenvalue weighted by Crippen LogP contribution is 2.62. The van der Waals surface area contributed by atoms with E-state index in [0.29, 0.717) is 9.80 Å². The van der Waals surface area contributed by atoms with Gasteiger partial charge in [-0.3, -0.25) is 43.5 Å². The van der Waals surface area contributed by atoms with Crippen LogP contribution in [0.4, 0.5) is 22.7 Å². The van der Waals surface area contributed by atoms with Gasteiger partial charge in [-0.25, -0.2) is 14.3 Å². The van der Waals surface area contributed by atoms with Gasteiger partial charge in [-0.05, 0) is 12.8 Å². The number of aliphatic hydroxyl groups is 8. The molecule has 4 aliphatic heterocycles. The van der Waals surface area contributed by atoms with E-state index in [1.54, 1.807) is 0 Å². The molecule has 2 saturated heterocycles. The first-order valence-electron chi connectivity index (χ1n) is 25.7. The Kier molecular flexibility index (Phi) is 14.2. The Balaban J connectivity index is 0.979. The number of nitrogens with two attached hydrogens (primary N) is 2. The Morgan fingerprint density at radius 2 is 0.837 bits per heavy atom. The van der Waals surface area contributed by atoms with Crippen LogP contribution in [0.3, 0.4) is 0 Å². The topological polar surface area (TPSA) is 707 Å². The van der Waals surface area contributed by atoms with Crippen LogP contribution in [0.15, 0.2) is 0 Å². The van der Waals surface area contributed by atoms with Gasteiger partial charge in [-0.1, -0.05) is 0 Å². The van der Waals surface area contributed by atoms with Gasteiger partial charge in [0, 0.05) is 30.6 Å². The Morgan fingerprint density at radius 3 is 1.21 bits per heavy atom. The van der Waals surface area contributed by atoms with E-state index >= 15 is 0 Å². The minimum absolute atomic E-state index is 0.111. The van der Waals surface area contributed by atoms with E-state index in [-0.39, 0.29) is 19.8 Å². The summed E-state index contributed by atoms with van der Waals surface area (Å²) in [6.07, 6.45) is -4.32. The fraction of sp³-hybridized carbons (Fsp3) is 0.280. The molecular formula is C50H48N10O32. The maximum Gasteiger partial charge on any atom is 0.291 e. The minimum Gasteiger partial charge on any atom is -0.503 e. The number of primary amides is 2. The summed E-state index contributed by atoms with van der Waals surface area (Å²) in [6, 6.07) is 0. The molecular weight excluding hydrogens is 1250 g/mol. The van der Waals surface area contributed by atoms with Gasteiger partial charge in [0.1, 0.15) is 34.1 Å². The summed E-state index contributed by atoms with van der Waals surface area (Å²) in [7, 11) is 0.897. The Morgan fingerprint density at radius 1 is 0.489 bits per heavy atom. The molecule has 42 nitrogen and oxygen atoms in total. The molecule has 0 bridgehead atoms. The lowest BCUT2D eigenvalue weighted by Crippen LogP contribution is -2.69. The number of phenols is 16. The zero-order valence-electron chi connectivity index (χ0n) is 46.0. The number of aromatic hydroxyl groups is 16. The van der Waals surface area contributed by atoms with Gasteiger partial charge in [0.25, 0.3) is 35.4 Å². The number of rotatable bonds is 12. The fourth-order valence-corrected chi connectivity index (χ4v) is 11.0. The van der Waals surface area contributed by atoms with E-state index in [9.17, 15) is 151 Å². The number of β-amino-alcohol motifs (C(OH)–C–C–N with tert-alkyl or cyclic N) is 2. The predicted octanol–water partition coefficient (Wildman–Crippen LogP) is -6.19. The second-order valence-corrected chi connectivity index (χ2v) is 21.0.